The molecule has 0 saturated carbocycles. The Morgan fingerprint density at radius 2 is 1.61 bits per heavy atom. The van der Waals surface area contributed by atoms with Crippen LogP contribution in [0.15, 0.2) is 77.7 Å². The summed E-state index contributed by atoms with van der Waals surface area (Å²) in [6.07, 6.45) is 0. The molecule has 3 aromatic carbocycles. The SMILES string of the molecule is O=C(CN(c1ccc(Cl)cc1Cl)S(=O)(=O)c1ccccc1)NCCSCc1ccccc1Cl. The molecule has 3 aromatic rings. The maximum absolute atomic E-state index is 13.3. The quantitative estimate of drug-likeness (QED) is 0.324. The first kappa shape index (κ1) is 25.7. The lowest BCUT2D eigenvalue weighted by atomic mass is 10.2. The third-order valence-corrected chi connectivity index (χ3v) is 8.27. The number of hydrogen-bond donors (Lipinski definition) is 1. The molecular formula is C23H21Cl3N2O3S2. The van der Waals surface area contributed by atoms with Crippen LogP contribution >= 0.6 is 46.6 Å². The summed E-state index contributed by atoms with van der Waals surface area (Å²) in [5.41, 5.74) is 1.20. The molecule has 0 saturated heterocycles. The van der Waals surface area contributed by atoms with E-state index in [0.29, 0.717) is 28.1 Å². The van der Waals surface area contributed by atoms with Gasteiger partial charge >= 0.3 is 0 Å². The highest BCUT2D eigenvalue weighted by molar-refractivity contribution is 7.98. The minimum Gasteiger partial charge on any atom is -0.354 e. The third kappa shape index (κ3) is 7.04. The molecule has 0 aliphatic rings. The van der Waals surface area contributed by atoms with Crippen LogP contribution in [-0.4, -0.2) is 33.2 Å². The molecule has 0 fully saturated rings. The van der Waals surface area contributed by atoms with Crippen molar-refractivity contribution in [1.29, 1.82) is 0 Å². The van der Waals surface area contributed by atoms with Gasteiger partial charge in [-0.3, -0.25) is 9.10 Å². The van der Waals surface area contributed by atoms with Crippen molar-refractivity contribution >= 4 is 68.2 Å². The highest BCUT2D eigenvalue weighted by atomic mass is 35.5. The number of carbonyl (C=O) groups excluding carboxylic acids is 1. The van der Waals surface area contributed by atoms with E-state index in [1.807, 2.05) is 24.3 Å². The van der Waals surface area contributed by atoms with Gasteiger partial charge in [-0.2, -0.15) is 11.8 Å². The lowest BCUT2D eigenvalue weighted by Crippen LogP contribution is -2.41. The Hall–Kier alpha value is -1.90. The van der Waals surface area contributed by atoms with Gasteiger partial charge in [0, 0.05) is 28.1 Å². The zero-order valence-corrected chi connectivity index (χ0v) is 21.3. The Bertz CT molecular complexity index is 1210. The van der Waals surface area contributed by atoms with Crippen LogP contribution in [0.1, 0.15) is 5.56 Å². The smallest absolute Gasteiger partial charge is 0.264 e. The van der Waals surface area contributed by atoms with Crippen LogP contribution in [0.3, 0.4) is 0 Å². The zero-order valence-electron chi connectivity index (χ0n) is 17.4. The molecule has 0 unspecified atom stereocenters. The third-order valence-electron chi connectivity index (χ3n) is 4.58. The maximum Gasteiger partial charge on any atom is 0.264 e. The van der Waals surface area contributed by atoms with E-state index in [0.717, 1.165) is 9.87 Å². The zero-order chi connectivity index (χ0) is 23.8. The van der Waals surface area contributed by atoms with Crippen molar-refractivity contribution < 1.29 is 13.2 Å². The molecular weight excluding hydrogens is 523 g/mol. The van der Waals surface area contributed by atoms with Gasteiger partial charge in [-0.25, -0.2) is 8.42 Å². The van der Waals surface area contributed by atoms with Gasteiger partial charge in [0.2, 0.25) is 5.91 Å². The number of amides is 1. The lowest BCUT2D eigenvalue weighted by Gasteiger charge is -2.25. The number of carbonyl (C=O) groups is 1. The monoisotopic (exact) mass is 542 g/mol. The van der Waals surface area contributed by atoms with Crippen molar-refractivity contribution in [2.45, 2.75) is 10.6 Å². The molecule has 0 aliphatic carbocycles. The number of nitrogens with zero attached hydrogens (tertiary/aromatic N) is 1. The average molecular weight is 544 g/mol. The van der Waals surface area contributed by atoms with Crippen LogP contribution in [0.5, 0.6) is 0 Å². The predicted molar refractivity (Wildman–Crippen MR) is 138 cm³/mol. The summed E-state index contributed by atoms with van der Waals surface area (Å²) in [5.74, 6) is 0.910. The van der Waals surface area contributed by atoms with Crippen LogP contribution < -0.4 is 9.62 Å². The van der Waals surface area contributed by atoms with Crippen molar-refractivity contribution in [3.63, 3.8) is 0 Å². The summed E-state index contributed by atoms with van der Waals surface area (Å²) in [5, 5.41) is 3.97. The molecule has 0 radical (unpaired) electrons. The standard InChI is InChI=1S/C23H21Cl3N2O3S2/c24-18-10-11-22(21(26)14-18)28(33(30,31)19-7-2-1-3-8-19)15-23(29)27-12-13-32-16-17-6-4-5-9-20(17)25/h1-11,14H,12-13,15-16H2,(H,27,29). The number of anilines is 1. The Morgan fingerprint density at radius 1 is 0.909 bits per heavy atom. The molecule has 10 heteroatoms. The Kier molecular flexibility index (Phi) is 9.35. The van der Waals surface area contributed by atoms with Crippen LogP contribution in [0, 0.1) is 0 Å². The molecule has 174 valence electrons. The van der Waals surface area contributed by atoms with Gasteiger partial charge in [-0.05, 0) is 42.0 Å². The maximum atomic E-state index is 13.3. The average Bonchev–Trinajstić information content (AvgIpc) is 2.79. The van der Waals surface area contributed by atoms with Crippen molar-refractivity contribution in [1.82, 2.24) is 5.32 Å². The largest absolute Gasteiger partial charge is 0.354 e. The molecule has 0 heterocycles. The molecule has 0 aromatic heterocycles. The van der Waals surface area contributed by atoms with E-state index >= 15 is 0 Å². The molecule has 0 bridgehead atoms. The number of thioether (sulfide) groups is 1. The van der Waals surface area contributed by atoms with Crippen molar-refractivity contribution in [2.24, 2.45) is 0 Å². The Balaban J connectivity index is 1.67. The second-order valence-electron chi connectivity index (χ2n) is 6.91. The second-order valence-corrected chi connectivity index (χ2v) is 11.1. The summed E-state index contributed by atoms with van der Waals surface area (Å²) in [7, 11) is -4.04. The highest BCUT2D eigenvalue weighted by Crippen LogP contribution is 2.32. The fourth-order valence-electron chi connectivity index (χ4n) is 2.95. The van der Waals surface area contributed by atoms with Crippen LogP contribution in [-0.2, 0) is 20.6 Å². The number of sulfonamides is 1. The van der Waals surface area contributed by atoms with E-state index in [1.165, 1.54) is 30.3 Å². The van der Waals surface area contributed by atoms with E-state index in [9.17, 15) is 13.2 Å². The lowest BCUT2D eigenvalue weighted by molar-refractivity contribution is -0.119. The highest BCUT2D eigenvalue weighted by Gasteiger charge is 2.28. The minimum absolute atomic E-state index is 0.0547. The van der Waals surface area contributed by atoms with Crippen molar-refractivity contribution in [3.8, 4) is 0 Å². The summed E-state index contributed by atoms with van der Waals surface area (Å²) < 4.78 is 27.6. The van der Waals surface area contributed by atoms with Crippen molar-refractivity contribution in [3.05, 3.63) is 93.4 Å². The molecule has 5 nitrogen and oxygen atoms in total. The summed E-state index contributed by atoms with van der Waals surface area (Å²) in [6, 6.07) is 19.9. The van der Waals surface area contributed by atoms with E-state index < -0.39 is 22.5 Å². The van der Waals surface area contributed by atoms with Gasteiger partial charge in [0.15, 0.2) is 0 Å². The Morgan fingerprint density at radius 3 is 2.30 bits per heavy atom. The van der Waals surface area contributed by atoms with E-state index in [4.69, 9.17) is 34.8 Å². The van der Waals surface area contributed by atoms with Crippen LogP contribution in [0.4, 0.5) is 5.69 Å². The van der Waals surface area contributed by atoms with Gasteiger partial charge in [0.1, 0.15) is 6.54 Å². The number of hydrogen-bond acceptors (Lipinski definition) is 4. The molecule has 1 N–H and O–H groups in total. The van der Waals surface area contributed by atoms with E-state index in [2.05, 4.69) is 5.32 Å². The normalized spacial score (nSPS) is 11.2. The number of nitrogens with one attached hydrogen (secondary N) is 1. The molecule has 0 aliphatic heterocycles. The molecule has 33 heavy (non-hydrogen) atoms. The molecule has 0 spiro atoms. The van der Waals surface area contributed by atoms with Crippen LogP contribution in [0.25, 0.3) is 0 Å². The van der Waals surface area contributed by atoms with Crippen molar-refractivity contribution in [2.75, 3.05) is 23.1 Å². The summed E-state index contributed by atoms with van der Waals surface area (Å²) in [4.78, 5) is 12.7. The minimum atomic E-state index is -4.04. The second kappa shape index (κ2) is 12.0. The number of halogens is 3. The van der Waals surface area contributed by atoms with Gasteiger partial charge in [-0.15, -0.1) is 0 Å². The molecule has 3 rings (SSSR count). The predicted octanol–water partition coefficient (Wildman–Crippen LogP) is 5.89. The first-order valence-electron chi connectivity index (χ1n) is 9.90. The first-order chi connectivity index (χ1) is 15.8. The van der Waals surface area contributed by atoms with Gasteiger partial charge in [0.25, 0.3) is 10.0 Å². The van der Waals surface area contributed by atoms with Gasteiger partial charge < -0.3 is 5.32 Å². The van der Waals surface area contributed by atoms with Gasteiger partial charge in [0.05, 0.1) is 15.6 Å². The Labute approximate surface area is 213 Å². The first-order valence-corrected chi connectivity index (χ1v) is 13.6. The number of benzene rings is 3. The fraction of sp³-hybridized carbons (Fsp3) is 0.174. The van der Waals surface area contributed by atoms with Crippen LogP contribution in [0.2, 0.25) is 15.1 Å². The van der Waals surface area contributed by atoms with E-state index in [-0.39, 0.29) is 15.6 Å². The fourth-order valence-corrected chi connectivity index (χ4v) is 6.12. The van der Waals surface area contributed by atoms with E-state index in [1.54, 1.807) is 30.0 Å². The topological polar surface area (TPSA) is 66.5 Å². The van der Waals surface area contributed by atoms with Gasteiger partial charge in [-0.1, -0.05) is 71.2 Å². The molecule has 1 amide bonds. The molecule has 0 atom stereocenters. The summed E-state index contributed by atoms with van der Waals surface area (Å²) >= 11 is 20.0. The number of rotatable bonds is 10. The summed E-state index contributed by atoms with van der Waals surface area (Å²) in [6.45, 7) is -0.0463.